The van der Waals surface area contributed by atoms with Crippen LogP contribution in [-0.4, -0.2) is 32.1 Å². The molecule has 2 aromatic heterocycles. The molecule has 0 saturated carbocycles. The first kappa shape index (κ1) is 13.9. The van der Waals surface area contributed by atoms with Gasteiger partial charge in [0.2, 0.25) is 0 Å². The lowest BCUT2D eigenvalue weighted by Crippen LogP contribution is -2.35. The Morgan fingerprint density at radius 3 is 2.95 bits per heavy atom. The Hall–Kier alpha value is -1.78. The Bertz CT molecular complexity index is 817. The summed E-state index contributed by atoms with van der Waals surface area (Å²) < 4.78 is 4.61. The molecule has 0 fully saturated rings. The van der Waals surface area contributed by atoms with Gasteiger partial charge >= 0.3 is 0 Å². The van der Waals surface area contributed by atoms with Crippen molar-refractivity contribution < 1.29 is 0 Å². The van der Waals surface area contributed by atoms with Gasteiger partial charge in [0.05, 0.1) is 0 Å². The fourth-order valence-corrected chi connectivity index (χ4v) is 3.55. The largest absolute Gasteiger partial charge is 0.342 e. The van der Waals surface area contributed by atoms with E-state index in [0.29, 0.717) is 0 Å². The number of benzene rings is 1. The molecule has 4 nitrogen and oxygen atoms in total. The smallest absolute Gasteiger partial charge is 0.105 e. The molecule has 0 unspecified atom stereocenters. The van der Waals surface area contributed by atoms with Crippen LogP contribution in [-0.2, 0) is 19.6 Å². The Morgan fingerprint density at radius 2 is 2.14 bits per heavy atom. The quantitative estimate of drug-likeness (QED) is 0.741. The van der Waals surface area contributed by atoms with Crippen LogP contribution in [0.2, 0.25) is 5.02 Å². The van der Waals surface area contributed by atoms with Crippen LogP contribution in [0.15, 0.2) is 36.7 Å². The van der Waals surface area contributed by atoms with Crippen molar-refractivity contribution in [2.24, 2.45) is 0 Å². The highest BCUT2D eigenvalue weighted by atomic mass is 35.5. The van der Waals surface area contributed by atoms with Gasteiger partial charge in [-0.25, -0.2) is 4.98 Å². The first-order valence-electron chi connectivity index (χ1n) is 7.69. The molecule has 0 spiro atoms. The van der Waals surface area contributed by atoms with E-state index in [4.69, 9.17) is 11.6 Å². The summed E-state index contributed by atoms with van der Waals surface area (Å²) in [5.41, 5.74) is 2.62. The molecule has 0 N–H and O–H groups in total. The summed E-state index contributed by atoms with van der Waals surface area (Å²) in [5, 5.41) is 2.02. The SMILES string of the molecule is Cc1nccn1CCN1CCn2c(cc3c(Cl)cccc32)C1. The molecule has 3 aromatic rings. The van der Waals surface area contributed by atoms with Crippen molar-refractivity contribution >= 4 is 22.5 Å². The first-order chi connectivity index (χ1) is 10.7. The number of rotatable bonds is 3. The maximum absolute atomic E-state index is 6.32. The predicted octanol–water partition coefficient (Wildman–Crippen LogP) is 3.32. The van der Waals surface area contributed by atoms with Crippen LogP contribution in [0.3, 0.4) is 0 Å². The van der Waals surface area contributed by atoms with Crippen molar-refractivity contribution in [3.05, 3.63) is 53.2 Å². The van der Waals surface area contributed by atoms with E-state index >= 15 is 0 Å². The molecule has 3 heterocycles. The number of hydrogen-bond acceptors (Lipinski definition) is 2. The molecular weight excluding hydrogens is 296 g/mol. The minimum atomic E-state index is 0.847. The third-order valence-electron chi connectivity index (χ3n) is 4.58. The maximum atomic E-state index is 6.32. The number of fused-ring (bicyclic) bond motifs is 3. The zero-order valence-corrected chi connectivity index (χ0v) is 13.4. The lowest BCUT2D eigenvalue weighted by Gasteiger charge is -2.29. The number of nitrogens with zero attached hydrogens (tertiary/aromatic N) is 4. The molecule has 1 aliphatic rings. The molecule has 5 heteroatoms. The monoisotopic (exact) mass is 314 g/mol. The Labute approximate surface area is 134 Å². The summed E-state index contributed by atoms with van der Waals surface area (Å²) in [7, 11) is 0. The van der Waals surface area contributed by atoms with E-state index in [1.54, 1.807) is 0 Å². The number of halogens is 1. The van der Waals surface area contributed by atoms with Crippen molar-refractivity contribution in [2.75, 3.05) is 13.1 Å². The third-order valence-corrected chi connectivity index (χ3v) is 4.91. The summed E-state index contributed by atoms with van der Waals surface area (Å²) in [5.74, 6) is 1.08. The summed E-state index contributed by atoms with van der Waals surface area (Å²) in [6, 6.07) is 8.41. The van der Waals surface area contributed by atoms with Gasteiger partial charge in [-0.05, 0) is 25.1 Å². The van der Waals surface area contributed by atoms with Crippen molar-refractivity contribution in [3.8, 4) is 0 Å². The van der Waals surface area contributed by atoms with Crippen LogP contribution in [0.1, 0.15) is 11.5 Å². The second-order valence-electron chi connectivity index (χ2n) is 5.90. The molecule has 0 aliphatic carbocycles. The molecule has 0 amide bonds. The van der Waals surface area contributed by atoms with Gasteiger partial charge in [-0.3, -0.25) is 4.90 Å². The molecule has 0 bridgehead atoms. The Balaban J connectivity index is 1.53. The van der Waals surface area contributed by atoms with Crippen LogP contribution >= 0.6 is 11.6 Å². The van der Waals surface area contributed by atoms with E-state index in [9.17, 15) is 0 Å². The maximum Gasteiger partial charge on any atom is 0.105 e. The van der Waals surface area contributed by atoms with Crippen LogP contribution < -0.4 is 0 Å². The minimum absolute atomic E-state index is 0.847. The second-order valence-corrected chi connectivity index (χ2v) is 6.31. The van der Waals surface area contributed by atoms with Crippen LogP contribution in [0.5, 0.6) is 0 Å². The van der Waals surface area contributed by atoms with E-state index in [0.717, 1.165) is 43.6 Å². The molecular formula is C17H19ClN4. The average molecular weight is 315 g/mol. The van der Waals surface area contributed by atoms with E-state index in [2.05, 4.69) is 44.3 Å². The number of imidazole rings is 1. The van der Waals surface area contributed by atoms with Crippen molar-refractivity contribution in [2.45, 2.75) is 26.6 Å². The van der Waals surface area contributed by atoms with Crippen molar-refractivity contribution in [1.29, 1.82) is 0 Å². The van der Waals surface area contributed by atoms with E-state index in [-0.39, 0.29) is 0 Å². The fourth-order valence-electron chi connectivity index (χ4n) is 3.33. The Morgan fingerprint density at radius 1 is 1.23 bits per heavy atom. The normalized spacial score (nSPS) is 15.4. The molecule has 0 radical (unpaired) electrons. The number of hydrogen-bond donors (Lipinski definition) is 0. The predicted molar refractivity (Wildman–Crippen MR) is 89.2 cm³/mol. The minimum Gasteiger partial charge on any atom is -0.342 e. The number of aromatic nitrogens is 3. The van der Waals surface area contributed by atoms with Gasteiger partial charge < -0.3 is 9.13 Å². The highest BCUT2D eigenvalue weighted by Gasteiger charge is 2.19. The van der Waals surface area contributed by atoms with Gasteiger partial charge in [-0.15, -0.1) is 0 Å². The molecule has 4 rings (SSSR count). The molecule has 1 aliphatic heterocycles. The van der Waals surface area contributed by atoms with Gasteiger partial charge in [-0.1, -0.05) is 17.7 Å². The zero-order chi connectivity index (χ0) is 15.1. The lowest BCUT2D eigenvalue weighted by molar-refractivity contribution is 0.215. The van der Waals surface area contributed by atoms with Crippen molar-refractivity contribution in [1.82, 2.24) is 19.0 Å². The highest BCUT2D eigenvalue weighted by molar-refractivity contribution is 6.35. The summed E-state index contributed by atoms with van der Waals surface area (Å²) >= 11 is 6.32. The highest BCUT2D eigenvalue weighted by Crippen LogP contribution is 2.29. The molecule has 0 saturated heterocycles. The fraction of sp³-hybridized carbons (Fsp3) is 0.353. The Kier molecular flexibility index (Phi) is 3.43. The molecule has 114 valence electrons. The standard InChI is InChI=1S/C17H19ClN4/c1-13-19-5-6-21(13)9-7-20-8-10-22-14(12-20)11-15-16(18)3-2-4-17(15)22/h2-6,11H,7-10,12H2,1H3. The number of aryl methyl sites for hydroxylation is 1. The molecule has 22 heavy (non-hydrogen) atoms. The van der Waals surface area contributed by atoms with Gasteiger partial charge in [0.25, 0.3) is 0 Å². The zero-order valence-electron chi connectivity index (χ0n) is 12.7. The van der Waals surface area contributed by atoms with Gasteiger partial charge in [0, 0.05) is 66.7 Å². The second kappa shape index (κ2) is 5.45. The summed E-state index contributed by atoms with van der Waals surface area (Å²) in [4.78, 5) is 6.78. The lowest BCUT2D eigenvalue weighted by atomic mass is 10.2. The van der Waals surface area contributed by atoms with Gasteiger partial charge in [-0.2, -0.15) is 0 Å². The molecule has 1 aromatic carbocycles. The molecule has 0 atom stereocenters. The summed E-state index contributed by atoms with van der Waals surface area (Å²) in [6.45, 7) is 7.19. The first-order valence-corrected chi connectivity index (χ1v) is 8.07. The summed E-state index contributed by atoms with van der Waals surface area (Å²) in [6.07, 6.45) is 3.92. The van der Waals surface area contributed by atoms with Crippen molar-refractivity contribution in [3.63, 3.8) is 0 Å². The van der Waals surface area contributed by atoms with Crippen LogP contribution in [0.25, 0.3) is 10.9 Å². The van der Waals surface area contributed by atoms with E-state index < -0.39 is 0 Å². The third kappa shape index (κ3) is 2.32. The average Bonchev–Trinajstić information content (AvgIpc) is 3.09. The van der Waals surface area contributed by atoms with Crippen LogP contribution in [0, 0.1) is 6.92 Å². The van der Waals surface area contributed by atoms with Gasteiger partial charge in [0.1, 0.15) is 5.82 Å². The van der Waals surface area contributed by atoms with E-state index in [1.807, 2.05) is 18.3 Å². The topological polar surface area (TPSA) is 26.0 Å². The van der Waals surface area contributed by atoms with E-state index in [1.165, 1.54) is 16.6 Å². The van der Waals surface area contributed by atoms with Crippen LogP contribution in [0.4, 0.5) is 0 Å². The van der Waals surface area contributed by atoms with Gasteiger partial charge in [0.15, 0.2) is 0 Å².